The summed E-state index contributed by atoms with van der Waals surface area (Å²) in [7, 11) is 0. The highest BCUT2D eigenvalue weighted by Gasteiger charge is 2.21. The molecule has 0 bridgehead atoms. The number of esters is 2. The Balaban J connectivity index is 2.46. The van der Waals surface area contributed by atoms with Gasteiger partial charge in [-0.3, -0.25) is 9.59 Å². The Labute approximate surface area is 411 Å². The first-order chi connectivity index (χ1) is 32.5. The molecule has 0 fully saturated rings. The summed E-state index contributed by atoms with van der Waals surface area (Å²) in [5, 5.41) is 0. The molecule has 0 spiro atoms. The Morgan fingerprint density at radius 3 is 1.08 bits per heavy atom. The van der Waals surface area contributed by atoms with Crippen LogP contribution in [0.4, 0.5) is 0 Å². The van der Waals surface area contributed by atoms with Gasteiger partial charge < -0.3 is 18.9 Å². The molecule has 0 amide bonds. The van der Waals surface area contributed by atoms with Gasteiger partial charge in [0.05, 0.1) is 25.0 Å². The summed E-state index contributed by atoms with van der Waals surface area (Å²) in [6.45, 7) is 16.7. The van der Waals surface area contributed by atoms with Crippen LogP contribution in [-0.4, -0.2) is 59.2 Å². The van der Waals surface area contributed by atoms with Crippen LogP contribution in [0.15, 0.2) is 12.4 Å². The first kappa shape index (κ1) is 62.1. The summed E-state index contributed by atoms with van der Waals surface area (Å²) in [5.74, 6) is 1.42. The molecule has 388 valence electrons. The Hall–Kier alpha value is -1.89. The SMILES string of the molecule is CCCCCCCCCCC(CCCCCCCC)C(=O)OCCCCCCN(CCCCCCOC(=O)C(CCCCCCCC)CCCCCCCCCC)CCCn1ccnc1C. The van der Waals surface area contributed by atoms with Gasteiger partial charge >= 0.3 is 11.9 Å². The Kier molecular flexibility index (Phi) is 45.3. The van der Waals surface area contributed by atoms with Gasteiger partial charge in [-0.15, -0.1) is 0 Å². The molecular formula is C59H113N3O4. The van der Waals surface area contributed by atoms with Crippen molar-refractivity contribution in [2.24, 2.45) is 11.8 Å². The molecule has 1 heterocycles. The quantitative estimate of drug-likeness (QED) is 0.0479. The number of carbonyl (C=O) groups excluding carboxylic acids is 2. The third kappa shape index (κ3) is 38.0. The molecule has 66 heavy (non-hydrogen) atoms. The number of aryl methyl sites for hydroxylation is 2. The standard InChI is InChI=1S/C59H113N3O4/c1-6-10-14-18-22-24-28-36-45-56(43-34-26-20-16-12-8-3)58(63)65-53-40-32-30-38-48-61(50-42-51-62-52-47-60-55(62)5)49-39-31-33-41-54-66-59(64)57(44-35-27-21-17-13-9-4)46-37-29-25-23-19-15-11-7-2/h47,52,56-57H,6-46,48-51,53-54H2,1-5H3. The van der Waals surface area contributed by atoms with E-state index in [2.05, 4.69) is 55.3 Å². The van der Waals surface area contributed by atoms with Gasteiger partial charge in [0.1, 0.15) is 5.82 Å². The molecular weight excluding hydrogens is 815 g/mol. The number of hydrogen-bond acceptors (Lipinski definition) is 6. The number of rotatable bonds is 52. The average Bonchev–Trinajstić information content (AvgIpc) is 3.73. The van der Waals surface area contributed by atoms with Crippen LogP contribution in [0.25, 0.3) is 0 Å². The van der Waals surface area contributed by atoms with E-state index < -0.39 is 0 Å². The molecule has 2 atom stereocenters. The highest BCUT2D eigenvalue weighted by molar-refractivity contribution is 5.72. The molecule has 1 aromatic rings. The highest BCUT2D eigenvalue weighted by atomic mass is 16.5. The largest absolute Gasteiger partial charge is 0.465 e. The van der Waals surface area contributed by atoms with E-state index in [0.717, 1.165) is 115 Å². The molecule has 0 radical (unpaired) electrons. The maximum atomic E-state index is 13.3. The van der Waals surface area contributed by atoms with E-state index in [-0.39, 0.29) is 23.8 Å². The van der Waals surface area contributed by atoms with Crippen LogP contribution in [0.1, 0.15) is 297 Å². The third-order valence-corrected chi connectivity index (χ3v) is 14.3. The predicted molar refractivity (Wildman–Crippen MR) is 284 cm³/mol. The maximum absolute atomic E-state index is 13.3. The fourth-order valence-corrected chi connectivity index (χ4v) is 9.75. The van der Waals surface area contributed by atoms with Crippen molar-refractivity contribution in [2.45, 2.75) is 304 Å². The van der Waals surface area contributed by atoms with Gasteiger partial charge in [0.15, 0.2) is 0 Å². The number of nitrogens with zero attached hydrogens (tertiary/aromatic N) is 3. The molecule has 2 unspecified atom stereocenters. The van der Waals surface area contributed by atoms with Crippen molar-refractivity contribution in [3.8, 4) is 0 Å². The maximum Gasteiger partial charge on any atom is 0.308 e. The number of unbranched alkanes of at least 4 members (excludes halogenated alkanes) is 30. The van der Waals surface area contributed by atoms with Crippen LogP contribution in [0, 0.1) is 18.8 Å². The van der Waals surface area contributed by atoms with Crippen molar-refractivity contribution < 1.29 is 19.1 Å². The monoisotopic (exact) mass is 928 g/mol. The first-order valence-electron chi connectivity index (χ1n) is 29.5. The molecule has 1 rings (SSSR count). The molecule has 1 aromatic heterocycles. The lowest BCUT2D eigenvalue weighted by molar-refractivity contribution is -0.150. The van der Waals surface area contributed by atoms with Crippen molar-refractivity contribution in [3.63, 3.8) is 0 Å². The smallest absolute Gasteiger partial charge is 0.308 e. The molecule has 0 aliphatic rings. The van der Waals surface area contributed by atoms with E-state index in [4.69, 9.17) is 9.47 Å². The summed E-state index contributed by atoms with van der Waals surface area (Å²) < 4.78 is 14.2. The van der Waals surface area contributed by atoms with Crippen LogP contribution < -0.4 is 0 Å². The lowest BCUT2D eigenvalue weighted by Crippen LogP contribution is -2.28. The van der Waals surface area contributed by atoms with E-state index in [0.29, 0.717) is 13.2 Å². The lowest BCUT2D eigenvalue weighted by Gasteiger charge is -2.22. The van der Waals surface area contributed by atoms with Crippen molar-refractivity contribution in [2.75, 3.05) is 32.8 Å². The fraction of sp³-hybridized carbons (Fsp3) is 0.915. The van der Waals surface area contributed by atoms with Gasteiger partial charge in [-0.25, -0.2) is 4.98 Å². The molecule has 7 heteroatoms. The van der Waals surface area contributed by atoms with E-state index in [9.17, 15) is 9.59 Å². The zero-order valence-electron chi connectivity index (χ0n) is 45.0. The number of hydrogen-bond donors (Lipinski definition) is 0. The molecule has 0 saturated heterocycles. The minimum Gasteiger partial charge on any atom is -0.465 e. The van der Waals surface area contributed by atoms with E-state index in [1.165, 1.54) is 180 Å². The summed E-state index contributed by atoms with van der Waals surface area (Å²) in [6.07, 6.45) is 54.3. The van der Waals surface area contributed by atoms with Crippen LogP contribution >= 0.6 is 0 Å². The second kappa shape index (κ2) is 48.1. The fourth-order valence-electron chi connectivity index (χ4n) is 9.75. The summed E-state index contributed by atoms with van der Waals surface area (Å²) in [5.41, 5.74) is 0. The van der Waals surface area contributed by atoms with Crippen LogP contribution in [-0.2, 0) is 25.6 Å². The van der Waals surface area contributed by atoms with Crippen molar-refractivity contribution in [3.05, 3.63) is 18.2 Å². The minimum atomic E-state index is 0.0748. The molecule has 0 N–H and O–H groups in total. The van der Waals surface area contributed by atoms with Crippen LogP contribution in [0.5, 0.6) is 0 Å². The summed E-state index contributed by atoms with van der Waals surface area (Å²) in [6, 6.07) is 0. The highest BCUT2D eigenvalue weighted by Crippen LogP contribution is 2.23. The van der Waals surface area contributed by atoms with Crippen molar-refractivity contribution in [1.82, 2.24) is 14.5 Å². The summed E-state index contributed by atoms with van der Waals surface area (Å²) in [4.78, 5) is 33.6. The normalized spacial score (nSPS) is 12.6. The number of carbonyl (C=O) groups is 2. The number of imidazole rings is 1. The Morgan fingerprint density at radius 2 is 0.742 bits per heavy atom. The van der Waals surface area contributed by atoms with Crippen LogP contribution in [0.2, 0.25) is 0 Å². The van der Waals surface area contributed by atoms with Gasteiger partial charge in [0, 0.05) is 18.9 Å². The molecule has 0 saturated carbocycles. The van der Waals surface area contributed by atoms with Gasteiger partial charge in [-0.2, -0.15) is 0 Å². The Morgan fingerprint density at radius 1 is 0.439 bits per heavy atom. The molecule has 0 aliphatic carbocycles. The topological polar surface area (TPSA) is 73.7 Å². The van der Waals surface area contributed by atoms with Gasteiger partial charge in [-0.05, 0) is 84.3 Å². The predicted octanol–water partition coefficient (Wildman–Crippen LogP) is 17.9. The zero-order chi connectivity index (χ0) is 47.8. The third-order valence-electron chi connectivity index (χ3n) is 14.3. The van der Waals surface area contributed by atoms with E-state index >= 15 is 0 Å². The number of aromatic nitrogens is 2. The number of ether oxygens (including phenoxy) is 2. The molecule has 0 aliphatic heterocycles. The second-order valence-corrected chi connectivity index (χ2v) is 20.6. The van der Waals surface area contributed by atoms with Gasteiger partial charge in [-0.1, -0.05) is 233 Å². The Bertz CT molecular complexity index is 1110. The van der Waals surface area contributed by atoms with Crippen LogP contribution in [0.3, 0.4) is 0 Å². The molecule has 7 nitrogen and oxygen atoms in total. The first-order valence-corrected chi connectivity index (χ1v) is 29.5. The molecule has 0 aromatic carbocycles. The van der Waals surface area contributed by atoms with E-state index in [1.807, 2.05) is 6.20 Å². The lowest BCUT2D eigenvalue weighted by atomic mass is 9.94. The minimum absolute atomic E-state index is 0.0748. The van der Waals surface area contributed by atoms with Gasteiger partial charge in [0.2, 0.25) is 0 Å². The van der Waals surface area contributed by atoms with E-state index in [1.54, 1.807) is 0 Å². The average molecular weight is 929 g/mol. The summed E-state index contributed by atoms with van der Waals surface area (Å²) >= 11 is 0. The van der Waals surface area contributed by atoms with Crippen molar-refractivity contribution in [1.29, 1.82) is 0 Å². The zero-order valence-corrected chi connectivity index (χ0v) is 45.0. The van der Waals surface area contributed by atoms with Crippen molar-refractivity contribution >= 4 is 11.9 Å². The second-order valence-electron chi connectivity index (χ2n) is 20.6. The van der Waals surface area contributed by atoms with Gasteiger partial charge in [0.25, 0.3) is 0 Å².